The van der Waals surface area contributed by atoms with Crippen LogP contribution in [0.15, 0.2) is 36.7 Å². The zero-order valence-electron chi connectivity index (χ0n) is 15.6. The van der Waals surface area contributed by atoms with Crippen LogP contribution < -0.4 is 11.1 Å². The number of pyridine rings is 1. The Balaban J connectivity index is 1.77. The molecule has 1 saturated heterocycles. The zero-order chi connectivity index (χ0) is 19.1. The number of nitrogen functional groups attached to an aromatic ring is 1. The average Bonchev–Trinajstić information content (AvgIpc) is 2.70. The summed E-state index contributed by atoms with van der Waals surface area (Å²) in [6, 6.07) is 5.57. The average molecular weight is 370 g/mol. The van der Waals surface area contributed by atoms with E-state index in [0.717, 1.165) is 51.2 Å². The molecular weight excluding hydrogens is 344 g/mol. The van der Waals surface area contributed by atoms with Crippen LogP contribution in [0.3, 0.4) is 0 Å². The SMILES string of the molecule is CC=COC(=O)c1cnc2c(N)cccc2c1NCCCN1CCOCC1. The molecule has 7 heteroatoms. The van der Waals surface area contributed by atoms with Gasteiger partial charge in [-0.05, 0) is 26.0 Å². The van der Waals surface area contributed by atoms with Crippen LogP contribution in [0.5, 0.6) is 0 Å². The smallest absolute Gasteiger partial charge is 0.346 e. The summed E-state index contributed by atoms with van der Waals surface area (Å²) in [5.74, 6) is -0.444. The van der Waals surface area contributed by atoms with Crippen molar-refractivity contribution < 1.29 is 14.3 Å². The molecule has 27 heavy (non-hydrogen) atoms. The Labute approximate surface area is 159 Å². The third-order valence-corrected chi connectivity index (χ3v) is 4.52. The number of hydrogen-bond acceptors (Lipinski definition) is 7. The summed E-state index contributed by atoms with van der Waals surface area (Å²) in [4.78, 5) is 19.2. The number of nitrogens with two attached hydrogens (primary N) is 1. The lowest BCUT2D eigenvalue weighted by molar-refractivity contribution is 0.0378. The van der Waals surface area contributed by atoms with Gasteiger partial charge in [0.25, 0.3) is 0 Å². The van der Waals surface area contributed by atoms with Crippen molar-refractivity contribution in [1.29, 1.82) is 0 Å². The van der Waals surface area contributed by atoms with Crippen molar-refractivity contribution >= 4 is 28.2 Å². The van der Waals surface area contributed by atoms with Crippen LogP contribution in [0.1, 0.15) is 23.7 Å². The van der Waals surface area contributed by atoms with Gasteiger partial charge in [-0.1, -0.05) is 18.2 Å². The molecule has 2 aromatic rings. The number of rotatable bonds is 7. The molecule has 7 nitrogen and oxygen atoms in total. The number of allylic oxidation sites excluding steroid dienone is 1. The fraction of sp³-hybridized carbons (Fsp3) is 0.400. The van der Waals surface area contributed by atoms with Crippen LogP contribution >= 0.6 is 0 Å². The first-order valence-electron chi connectivity index (χ1n) is 9.24. The van der Waals surface area contributed by atoms with E-state index in [0.29, 0.717) is 22.5 Å². The van der Waals surface area contributed by atoms with Gasteiger partial charge in [-0.2, -0.15) is 0 Å². The van der Waals surface area contributed by atoms with Gasteiger partial charge in [0.15, 0.2) is 0 Å². The molecule has 0 saturated carbocycles. The summed E-state index contributed by atoms with van der Waals surface area (Å²) in [7, 11) is 0. The number of carbonyl (C=O) groups excluding carboxylic acids is 1. The lowest BCUT2D eigenvalue weighted by Crippen LogP contribution is -2.37. The molecule has 144 valence electrons. The van der Waals surface area contributed by atoms with Gasteiger partial charge in [0, 0.05) is 31.2 Å². The van der Waals surface area contributed by atoms with Gasteiger partial charge in [-0.3, -0.25) is 9.88 Å². The van der Waals surface area contributed by atoms with Crippen LogP contribution in [-0.2, 0) is 9.47 Å². The number of aromatic nitrogens is 1. The Morgan fingerprint density at radius 1 is 1.41 bits per heavy atom. The first-order chi connectivity index (χ1) is 13.2. The summed E-state index contributed by atoms with van der Waals surface area (Å²) in [5, 5.41) is 4.22. The van der Waals surface area contributed by atoms with Crippen LogP contribution in [0.4, 0.5) is 11.4 Å². The summed E-state index contributed by atoms with van der Waals surface area (Å²) in [5.41, 5.74) is 8.42. The molecule has 1 fully saturated rings. The minimum atomic E-state index is -0.444. The summed E-state index contributed by atoms with van der Waals surface area (Å²) in [6.45, 7) is 7.03. The van der Waals surface area contributed by atoms with Gasteiger partial charge in [-0.25, -0.2) is 4.79 Å². The van der Waals surface area contributed by atoms with Crippen LogP contribution in [0, 0.1) is 0 Å². The van der Waals surface area contributed by atoms with E-state index >= 15 is 0 Å². The van der Waals surface area contributed by atoms with Gasteiger partial charge in [0.05, 0.1) is 36.4 Å². The standard InChI is InChI=1S/C20H26N4O3/c1-2-11-27-20(25)16-14-23-19-15(5-3-6-17(19)21)18(16)22-7-4-8-24-9-12-26-13-10-24/h2-3,5-6,11,14H,4,7-10,12-13,21H2,1H3,(H,22,23). The first-order valence-corrected chi connectivity index (χ1v) is 9.24. The Morgan fingerprint density at radius 2 is 2.22 bits per heavy atom. The van der Waals surface area contributed by atoms with Crippen LogP contribution in [0.2, 0.25) is 0 Å². The highest BCUT2D eigenvalue weighted by atomic mass is 16.5. The number of anilines is 2. The molecular formula is C20H26N4O3. The van der Waals surface area contributed by atoms with E-state index in [4.69, 9.17) is 15.2 Å². The molecule has 0 unspecified atom stereocenters. The maximum absolute atomic E-state index is 12.4. The largest absolute Gasteiger partial charge is 0.431 e. The molecule has 1 aromatic heterocycles. The second-order valence-corrected chi connectivity index (χ2v) is 6.40. The number of carbonyl (C=O) groups is 1. The quantitative estimate of drug-likeness (QED) is 0.335. The number of ether oxygens (including phenoxy) is 2. The number of morpholine rings is 1. The van der Waals surface area contributed by atoms with Crippen molar-refractivity contribution in [3.63, 3.8) is 0 Å². The predicted molar refractivity (Wildman–Crippen MR) is 107 cm³/mol. The Morgan fingerprint density at radius 3 is 3.00 bits per heavy atom. The molecule has 1 aromatic carbocycles. The topological polar surface area (TPSA) is 89.7 Å². The highest BCUT2D eigenvalue weighted by molar-refractivity contribution is 6.07. The van der Waals surface area contributed by atoms with Gasteiger partial charge in [-0.15, -0.1) is 0 Å². The molecule has 3 N–H and O–H groups in total. The van der Waals surface area contributed by atoms with E-state index in [2.05, 4.69) is 15.2 Å². The van der Waals surface area contributed by atoms with E-state index in [-0.39, 0.29) is 0 Å². The normalized spacial score (nSPS) is 15.3. The van der Waals surface area contributed by atoms with Gasteiger partial charge < -0.3 is 20.5 Å². The van der Waals surface area contributed by atoms with E-state index in [1.54, 1.807) is 19.1 Å². The van der Waals surface area contributed by atoms with E-state index in [1.807, 2.05) is 12.1 Å². The highest BCUT2D eigenvalue weighted by Gasteiger charge is 2.17. The highest BCUT2D eigenvalue weighted by Crippen LogP contribution is 2.29. The number of fused-ring (bicyclic) bond motifs is 1. The van der Waals surface area contributed by atoms with Crippen molar-refractivity contribution in [1.82, 2.24) is 9.88 Å². The Kier molecular flexibility index (Phi) is 6.62. The van der Waals surface area contributed by atoms with Crippen molar-refractivity contribution in [2.45, 2.75) is 13.3 Å². The van der Waals surface area contributed by atoms with Crippen molar-refractivity contribution in [3.05, 3.63) is 42.3 Å². The van der Waals surface area contributed by atoms with Gasteiger partial charge in [0.2, 0.25) is 0 Å². The lowest BCUT2D eigenvalue weighted by Gasteiger charge is -2.26. The van der Waals surface area contributed by atoms with E-state index < -0.39 is 5.97 Å². The molecule has 1 aliphatic heterocycles. The molecule has 0 spiro atoms. The Hall–Kier alpha value is -2.64. The number of hydrogen-bond donors (Lipinski definition) is 2. The molecule has 0 aliphatic carbocycles. The third-order valence-electron chi connectivity index (χ3n) is 4.52. The number of para-hydroxylation sites is 1. The monoisotopic (exact) mass is 370 g/mol. The predicted octanol–water partition coefficient (Wildman–Crippen LogP) is 2.64. The molecule has 0 amide bonds. The summed E-state index contributed by atoms with van der Waals surface area (Å²) < 4.78 is 10.5. The second-order valence-electron chi connectivity index (χ2n) is 6.40. The molecule has 2 heterocycles. The molecule has 0 bridgehead atoms. The second kappa shape index (κ2) is 9.34. The molecule has 0 radical (unpaired) electrons. The summed E-state index contributed by atoms with van der Waals surface area (Å²) in [6.07, 6.45) is 5.51. The van der Waals surface area contributed by atoms with Gasteiger partial charge >= 0.3 is 5.97 Å². The first kappa shape index (κ1) is 19.1. The fourth-order valence-electron chi connectivity index (χ4n) is 3.13. The van der Waals surface area contributed by atoms with E-state index in [9.17, 15) is 4.79 Å². The minimum Gasteiger partial charge on any atom is -0.431 e. The number of nitrogens with one attached hydrogen (secondary N) is 1. The minimum absolute atomic E-state index is 0.401. The van der Waals surface area contributed by atoms with Crippen molar-refractivity contribution in [2.75, 3.05) is 50.4 Å². The fourth-order valence-corrected chi connectivity index (χ4v) is 3.13. The zero-order valence-corrected chi connectivity index (χ0v) is 15.6. The summed E-state index contributed by atoms with van der Waals surface area (Å²) >= 11 is 0. The molecule has 0 atom stereocenters. The van der Waals surface area contributed by atoms with Crippen molar-refractivity contribution in [2.24, 2.45) is 0 Å². The third kappa shape index (κ3) is 4.75. The van der Waals surface area contributed by atoms with Gasteiger partial charge in [0.1, 0.15) is 5.56 Å². The maximum atomic E-state index is 12.4. The maximum Gasteiger partial charge on any atom is 0.346 e. The van der Waals surface area contributed by atoms with E-state index in [1.165, 1.54) is 12.5 Å². The Bertz CT molecular complexity index is 816. The van der Waals surface area contributed by atoms with Crippen LogP contribution in [0.25, 0.3) is 10.9 Å². The molecule has 3 rings (SSSR count). The lowest BCUT2D eigenvalue weighted by atomic mass is 10.1. The number of esters is 1. The number of benzene rings is 1. The number of nitrogens with zero attached hydrogens (tertiary/aromatic N) is 2. The molecule has 1 aliphatic rings. The van der Waals surface area contributed by atoms with Crippen LogP contribution in [-0.4, -0.2) is 55.2 Å². The van der Waals surface area contributed by atoms with Crippen molar-refractivity contribution in [3.8, 4) is 0 Å².